The summed E-state index contributed by atoms with van der Waals surface area (Å²) in [5, 5.41) is 0. The maximum atomic E-state index is 5.40. The molecule has 0 aromatic heterocycles. The largest absolute Gasteiger partial charge is 0.493 e. The summed E-state index contributed by atoms with van der Waals surface area (Å²) in [6.45, 7) is 3.90. The number of methoxy groups -OCH3 is 4. The minimum Gasteiger partial charge on any atom is -0.493 e. The number of rotatable bonds is 7. The van der Waals surface area contributed by atoms with E-state index in [1.807, 2.05) is 12.1 Å². The summed E-state index contributed by atoms with van der Waals surface area (Å²) >= 11 is 0. The van der Waals surface area contributed by atoms with E-state index >= 15 is 0 Å². The van der Waals surface area contributed by atoms with Crippen molar-refractivity contribution < 1.29 is 18.9 Å². The Morgan fingerprint density at radius 3 is 2.24 bits per heavy atom. The van der Waals surface area contributed by atoms with Gasteiger partial charge in [-0.2, -0.15) is 0 Å². The van der Waals surface area contributed by atoms with E-state index in [9.17, 15) is 0 Å². The van der Waals surface area contributed by atoms with Crippen LogP contribution in [-0.2, 0) is 11.3 Å². The standard InChI is InChI=1S/C16H25NO4/c1-18-11-12-5-6-17(9-12)10-13-7-14(19-2)16(21-4)15(8-13)20-3/h7-8,12H,5-6,9-11H2,1-4H3/t12-/m0/s1. The van der Waals surface area contributed by atoms with Crippen LogP contribution in [0.3, 0.4) is 0 Å². The molecule has 1 saturated heterocycles. The lowest BCUT2D eigenvalue weighted by atomic mass is 10.1. The van der Waals surface area contributed by atoms with Crippen molar-refractivity contribution >= 4 is 0 Å². The van der Waals surface area contributed by atoms with Gasteiger partial charge in [0.15, 0.2) is 11.5 Å². The van der Waals surface area contributed by atoms with E-state index in [1.165, 1.54) is 12.0 Å². The molecule has 0 saturated carbocycles. The van der Waals surface area contributed by atoms with Gasteiger partial charge in [0.05, 0.1) is 27.9 Å². The maximum absolute atomic E-state index is 5.40. The van der Waals surface area contributed by atoms with Gasteiger partial charge in [0.1, 0.15) is 0 Å². The van der Waals surface area contributed by atoms with Gasteiger partial charge in [-0.05, 0) is 36.6 Å². The summed E-state index contributed by atoms with van der Waals surface area (Å²) in [6, 6.07) is 4.04. The lowest BCUT2D eigenvalue weighted by Crippen LogP contribution is -2.21. The first-order chi connectivity index (χ1) is 10.2. The normalized spacial score (nSPS) is 18.8. The van der Waals surface area contributed by atoms with Crippen LogP contribution in [0.15, 0.2) is 12.1 Å². The third kappa shape index (κ3) is 3.80. The lowest BCUT2D eigenvalue weighted by molar-refractivity contribution is 0.152. The van der Waals surface area contributed by atoms with Crippen molar-refractivity contribution in [1.29, 1.82) is 0 Å². The number of likely N-dealkylation sites (tertiary alicyclic amines) is 1. The average Bonchev–Trinajstić information content (AvgIpc) is 2.93. The van der Waals surface area contributed by atoms with Gasteiger partial charge in [-0.3, -0.25) is 4.90 Å². The predicted octanol–water partition coefficient (Wildman–Crippen LogP) is 2.18. The zero-order valence-electron chi connectivity index (χ0n) is 13.3. The highest BCUT2D eigenvalue weighted by molar-refractivity contribution is 5.53. The summed E-state index contributed by atoms with van der Waals surface area (Å²) in [5.41, 5.74) is 1.17. The molecule has 1 aliphatic heterocycles. The Bertz CT molecular complexity index is 439. The van der Waals surface area contributed by atoms with Gasteiger partial charge < -0.3 is 18.9 Å². The highest BCUT2D eigenvalue weighted by atomic mass is 16.5. The molecular formula is C16H25NO4. The fourth-order valence-corrected chi connectivity index (χ4v) is 2.91. The van der Waals surface area contributed by atoms with Crippen LogP contribution in [0.2, 0.25) is 0 Å². The highest BCUT2D eigenvalue weighted by Gasteiger charge is 2.23. The van der Waals surface area contributed by atoms with E-state index in [2.05, 4.69) is 4.90 Å². The van der Waals surface area contributed by atoms with Gasteiger partial charge in [-0.25, -0.2) is 0 Å². The molecule has 1 aliphatic rings. The molecule has 0 bridgehead atoms. The summed E-state index contributed by atoms with van der Waals surface area (Å²) in [6.07, 6.45) is 1.19. The van der Waals surface area contributed by atoms with E-state index in [4.69, 9.17) is 18.9 Å². The fourth-order valence-electron chi connectivity index (χ4n) is 2.91. The molecule has 2 rings (SSSR count). The number of benzene rings is 1. The quantitative estimate of drug-likeness (QED) is 0.771. The molecule has 1 atom stereocenters. The summed E-state index contributed by atoms with van der Waals surface area (Å²) in [7, 11) is 6.68. The smallest absolute Gasteiger partial charge is 0.203 e. The molecule has 5 heteroatoms. The first kappa shape index (κ1) is 15.9. The van der Waals surface area contributed by atoms with Crippen LogP contribution in [0.25, 0.3) is 0 Å². The number of hydrogen-bond donors (Lipinski definition) is 0. The minimum absolute atomic E-state index is 0.636. The van der Waals surface area contributed by atoms with Crippen molar-refractivity contribution in [3.8, 4) is 17.2 Å². The Balaban J connectivity index is 2.10. The van der Waals surface area contributed by atoms with Crippen molar-refractivity contribution in [3.63, 3.8) is 0 Å². The lowest BCUT2D eigenvalue weighted by Gasteiger charge is -2.19. The molecule has 21 heavy (non-hydrogen) atoms. The zero-order valence-corrected chi connectivity index (χ0v) is 13.3. The summed E-state index contributed by atoms with van der Waals surface area (Å²) in [4.78, 5) is 2.43. The van der Waals surface area contributed by atoms with Gasteiger partial charge >= 0.3 is 0 Å². The second-order valence-corrected chi connectivity index (χ2v) is 5.38. The van der Waals surface area contributed by atoms with Gasteiger partial charge in [-0.15, -0.1) is 0 Å². The maximum Gasteiger partial charge on any atom is 0.203 e. The van der Waals surface area contributed by atoms with Gasteiger partial charge in [0.25, 0.3) is 0 Å². The topological polar surface area (TPSA) is 40.2 Å². The molecule has 0 spiro atoms. The van der Waals surface area contributed by atoms with Gasteiger partial charge in [0, 0.05) is 20.2 Å². The first-order valence-electron chi connectivity index (χ1n) is 7.22. The van der Waals surface area contributed by atoms with Crippen LogP contribution >= 0.6 is 0 Å². The second-order valence-electron chi connectivity index (χ2n) is 5.38. The molecule has 5 nitrogen and oxygen atoms in total. The fraction of sp³-hybridized carbons (Fsp3) is 0.625. The van der Waals surface area contributed by atoms with Crippen molar-refractivity contribution in [2.24, 2.45) is 5.92 Å². The second kappa shape index (κ2) is 7.52. The van der Waals surface area contributed by atoms with Crippen LogP contribution in [0.4, 0.5) is 0 Å². The van der Waals surface area contributed by atoms with Crippen LogP contribution in [-0.4, -0.2) is 53.0 Å². The summed E-state index contributed by atoms with van der Waals surface area (Å²) < 4.78 is 21.4. The summed E-state index contributed by atoms with van der Waals surface area (Å²) in [5.74, 6) is 2.69. The molecule has 0 N–H and O–H groups in total. The van der Waals surface area contributed by atoms with Crippen LogP contribution in [0, 0.1) is 5.92 Å². The molecule has 118 valence electrons. The third-order valence-corrected chi connectivity index (χ3v) is 3.90. The van der Waals surface area contributed by atoms with Gasteiger partial charge in [-0.1, -0.05) is 0 Å². The van der Waals surface area contributed by atoms with Crippen LogP contribution < -0.4 is 14.2 Å². The van der Waals surface area contributed by atoms with Crippen molar-refractivity contribution in [1.82, 2.24) is 4.90 Å². The minimum atomic E-state index is 0.636. The number of nitrogens with zero attached hydrogens (tertiary/aromatic N) is 1. The van der Waals surface area contributed by atoms with E-state index in [-0.39, 0.29) is 0 Å². The first-order valence-corrected chi connectivity index (χ1v) is 7.22. The van der Waals surface area contributed by atoms with Gasteiger partial charge in [0.2, 0.25) is 5.75 Å². The third-order valence-electron chi connectivity index (χ3n) is 3.90. The molecule has 1 heterocycles. The predicted molar refractivity (Wildman–Crippen MR) is 81.4 cm³/mol. The Morgan fingerprint density at radius 1 is 1.05 bits per heavy atom. The van der Waals surface area contributed by atoms with E-state index in [0.717, 1.165) is 26.2 Å². The number of ether oxygens (including phenoxy) is 4. The van der Waals surface area contributed by atoms with E-state index in [1.54, 1.807) is 28.4 Å². The Labute approximate surface area is 126 Å². The van der Waals surface area contributed by atoms with Crippen molar-refractivity contribution in [3.05, 3.63) is 17.7 Å². The monoisotopic (exact) mass is 295 g/mol. The molecule has 1 fully saturated rings. The van der Waals surface area contributed by atoms with Crippen molar-refractivity contribution in [2.45, 2.75) is 13.0 Å². The SMILES string of the molecule is COC[C@H]1CCN(Cc2cc(OC)c(OC)c(OC)c2)C1. The Kier molecular flexibility index (Phi) is 5.70. The average molecular weight is 295 g/mol. The molecule has 0 radical (unpaired) electrons. The molecular weight excluding hydrogens is 270 g/mol. The van der Waals surface area contributed by atoms with Crippen LogP contribution in [0.5, 0.6) is 17.2 Å². The van der Waals surface area contributed by atoms with Crippen LogP contribution in [0.1, 0.15) is 12.0 Å². The molecule has 0 unspecified atom stereocenters. The molecule has 1 aromatic rings. The number of hydrogen-bond acceptors (Lipinski definition) is 5. The molecule has 0 amide bonds. The Morgan fingerprint density at radius 2 is 1.71 bits per heavy atom. The molecule has 0 aliphatic carbocycles. The Hall–Kier alpha value is -1.46. The molecule has 1 aromatic carbocycles. The van der Waals surface area contributed by atoms with Crippen molar-refractivity contribution in [2.75, 3.05) is 48.1 Å². The van der Waals surface area contributed by atoms with E-state index < -0.39 is 0 Å². The van der Waals surface area contributed by atoms with E-state index in [0.29, 0.717) is 23.2 Å². The highest BCUT2D eigenvalue weighted by Crippen LogP contribution is 2.38. The zero-order chi connectivity index (χ0) is 15.2.